The number of ether oxygens (including phenoxy) is 2. The zero-order chi connectivity index (χ0) is 14.5. The molecular formula is C17H24ClNO3. The fourth-order valence-corrected chi connectivity index (χ4v) is 3.50. The molecule has 1 aromatic carbocycles. The Hall–Kier alpha value is -1.26. The Morgan fingerprint density at radius 1 is 1.18 bits per heavy atom. The number of carbonyl (C=O) groups excluding carboxylic acids is 1. The summed E-state index contributed by atoms with van der Waals surface area (Å²) in [4.78, 5) is 11.8. The lowest BCUT2D eigenvalue weighted by atomic mass is 9.73. The molecular weight excluding hydrogens is 302 g/mol. The van der Waals surface area contributed by atoms with Crippen molar-refractivity contribution in [3.8, 4) is 0 Å². The van der Waals surface area contributed by atoms with E-state index < -0.39 is 6.16 Å². The Morgan fingerprint density at radius 2 is 1.91 bits per heavy atom. The molecule has 5 heteroatoms. The molecule has 1 aliphatic carbocycles. The lowest BCUT2D eigenvalue weighted by molar-refractivity contribution is 0.00952. The van der Waals surface area contributed by atoms with E-state index in [2.05, 4.69) is 5.32 Å². The smallest absolute Gasteiger partial charge is 0.429 e. The van der Waals surface area contributed by atoms with Gasteiger partial charge in [0, 0.05) is 13.0 Å². The number of hydrogen-bond acceptors (Lipinski definition) is 4. The van der Waals surface area contributed by atoms with E-state index in [1.54, 1.807) is 0 Å². The van der Waals surface area contributed by atoms with Gasteiger partial charge in [0.25, 0.3) is 0 Å². The third kappa shape index (κ3) is 4.37. The molecule has 0 aromatic heterocycles. The van der Waals surface area contributed by atoms with Gasteiger partial charge in [0.15, 0.2) is 6.23 Å². The Bertz CT molecular complexity index is 474. The minimum absolute atomic E-state index is 0. The van der Waals surface area contributed by atoms with Crippen molar-refractivity contribution in [2.75, 3.05) is 6.54 Å². The molecule has 1 heterocycles. The van der Waals surface area contributed by atoms with Crippen molar-refractivity contribution >= 4 is 18.6 Å². The van der Waals surface area contributed by atoms with E-state index >= 15 is 0 Å². The first-order valence-electron chi connectivity index (χ1n) is 7.87. The summed E-state index contributed by atoms with van der Waals surface area (Å²) in [6.07, 6.45) is 6.59. The first-order chi connectivity index (χ1) is 10.3. The lowest BCUT2D eigenvalue weighted by Gasteiger charge is -2.32. The molecule has 1 N–H and O–H groups in total. The Kier molecular flexibility index (Phi) is 6.09. The SMILES string of the molecule is Cl.O=C(OCc1ccccc1)O[C@H]1CC2(CCCCC2)CN1. The third-order valence-corrected chi connectivity index (χ3v) is 4.68. The lowest BCUT2D eigenvalue weighted by Crippen LogP contribution is -2.28. The normalized spacial score (nSPS) is 22.8. The minimum atomic E-state index is -0.579. The van der Waals surface area contributed by atoms with E-state index in [9.17, 15) is 4.79 Å². The van der Waals surface area contributed by atoms with E-state index in [0.717, 1.165) is 18.5 Å². The summed E-state index contributed by atoms with van der Waals surface area (Å²) in [5, 5.41) is 3.32. The summed E-state index contributed by atoms with van der Waals surface area (Å²) in [6, 6.07) is 9.65. The predicted octanol–water partition coefficient (Wildman–Crippen LogP) is 4.03. The van der Waals surface area contributed by atoms with Crippen LogP contribution in [0, 0.1) is 5.41 Å². The van der Waals surface area contributed by atoms with Gasteiger partial charge >= 0.3 is 6.16 Å². The van der Waals surface area contributed by atoms with Crippen molar-refractivity contribution in [1.29, 1.82) is 0 Å². The van der Waals surface area contributed by atoms with Crippen LogP contribution in [-0.2, 0) is 16.1 Å². The largest absolute Gasteiger partial charge is 0.510 e. The van der Waals surface area contributed by atoms with Crippen molar-refractivity contribution in [2.24, 2.45) is 5.41 Å². The van der Waals surface area contributed by atoms with Crippen LogP contribution in [0.25, 0.3) is 0 Å². The number of nitrogens with one attached hydrogen (secondary N) is 1. The van der Waals surface area contributed by atoms with Gasteiger partial charge in [-0.1, -0.05) is 49.6 Å². The minimum Gasteiger partial charge on any atom is -0.429 e. The fourth-order valence-electron chi connectivity index (χ4n) is 3.50. The van der Waals surface area contributed by atoms with Crippen LogP contribution >= 0.6 is 12.4 Å². The third-order valence-electron chi connectivity index (χ3n) is 4.68. The van der Waals surface area contributed by atoms with Crippen LogP contribution < -0.4 is 5.32 Å². The molecule has 0 radical (unpaired) electrons. The van der Waals surface area contributed by atoms with Gasteiger partial charge < -0.3 is 9.47 Å². The second-order valence-corrected chi connectivity index (χ2v) is 6.28. The molecule has 0 bridgehead atoms. The zero-order valence-electron chi connectivity index (χ0n) is 12.8. The van der Waals surface area contributed by atoms with E-state index in [-0.39, 0.29) is 25.2 Å². The molecule has 2 aliphatic rings. The molecule has 1 saturated carbocycles. The van der Waals surface area contributed by atoms with Gasteiger partial charge in [-0.05, 0) is 23.8 Å². The first kappa shape index (κ1) is 17.1. The summed E-state index contributed by atoms with van der Waals surface area (Å²) in [7, 11) is 0. The standard InChI is InChI=1S/C17H23NO3.ClH/c19-16(20-12-14-7-3-1-4-8-14)21-15-11-17(13-18-15)9-5-2-6-10-17;/h1,3-4,7-8,15,18H,2,5-6,9-13H2;1H/t15-;/m0./s1. The molecule has 122 valence electrons. The summed E-state index contributed by atoms with van der Waals surface area (Å²) < 4.78 is 10.6. The number of carbonyl (C=O) groups is 1. The highest BCUT2D eigenvalue weighted by Gasteiger charge is 2.41. The Morgan fingerprint density at radius 3 is 2.64 bits per heavy atom. The van der Waals surface area contributed by atoms with Gasteiger partial charge in [-0.3, -0.25) is 5.32 Å². The molecule has 1 aromatic rings. The summed E-state index contributed by atoms with van der Waals surface area (Å²) in [5.74, 6) is 0. The average Bonchev–Trinajstić information content (AvgIpc) is 2.89. The maximum Gasteiger partial charge on any atom is 0.510 e. The summed E-state index contributed by atoms with van der Waals surface area (Å²) in [5.41, 5.74) is 1.32. The highest BCUT2D eigenvalue weighted by atomic mass is 35.5. The molecule has 1 atom stereocenters. The monoisotopic (exact) mass is 325 g/mol. The molecule has 22 heavy (non-hydrogen) atoms. The second kappa shape index (κ2) is 7.84. The van der Waals surface area contributed by atoms with Crippen LogP contribution in [-0.4, -0.2) is 18.9 Å². The average molecular weight is 326 g/mol. The summed E-state index contributed by atoms with van der Waals surface area (Å²) >= 11 is 0. The van der Waals surface area contributed by atoms with Gasteiger partial charge in [-0.25, -0.2) is 4.79 Å². The second-order valence-electron chi connectivity index (χ2n) is 6.28. The highest BCUT2D eigenvalue weighted by Crippen LogP contribution is 2.42. The van der Waals surface area contributed by atoms with Crippen molar-refractivity contribution in [2.45, 2.75) is 51.4 Å². The van der Waals surface area contributed by atoms with Crippen LogP contribution in [0.2, 0.25) is 0 Å². The number of hydrogen-bond donors (Lipinski definition) is 1. The zero-order valence-corrected chi connectivity index (χ0v) is 13.6. The maximum absolute atomic E-state index is 11.8. The molecule has 1 saturated heterocycles. The van der Waals surface area contributed by atoms with E-state index in [1.165, 1.54) is 32.1 Å². The molecule has 3 rings (SSSR count). The van der Waals surface area contributed by atoms with E-state index in [0.29, 0.717) is 5.41 Å². The van der Waals surface area contributed by atoms with Gasteiger partial charge in [-0.2, -0.15) is 0 Å². The summed E-state index contributed by atoms with van der Waals surface area (Å²) in [6.45, 7) is 1.22. The van der Waals surface area contributed by atoms with Crippen LogP contribution in [0.1, 0.15) is 44.1 Å². The van der Waals surface area contributed by atoms with Crippen molar-refractivity contribution < 1.29 is 14.3 Å². The van der Waals surface area contributed by atoms with Crippen LogP contribution in [0.3, 0.4) is 0 Å². The van der Waals surface area contributed by atoms with Crippen LogP contribution in [0.15, 0.2) is 30.3 Å². The molecule has 0 amide bonds. The maximum atomic E-state index is 11.8. The molecule has 2 fully saturated rings. The Labute approximate surface area is 138 Å². The quantitative estimate of drug-likeness (QED) is 0.852. The predicted molar refractivity (Wildman–Crippen MR) is 86.9 cm³/mol. The first-order valence-corrected chi connectivity index (χ1v) is 7.87. The van der Waals surface area contributed by atoms with E-state index in [1.807, 2.05) is 30.3 Å². The van der Waals surface area contributed by atoms with Crippen LogP contribution in [0.5, 0.6) is 0 Å². The van der Waals surface area contributed by atoms with Gasteiger partial charge in [0.1, 0.15) is 6.61 Å². The van der Waals surface area contributed by atoms with Crippen molar-refractivity contribution in [3.05, 3.63) is 35.9 Å². The number of halogens is 1. The molecule has 0 unspecified atom stereocenters. The molecule has 4 nitrogen and oxygen atoms in total. The van der Waals surface area contributed by atoms with Crippen molar-refractivity contribution in [1.82, 2.24) is 5.32 Å². The Balaban J connectivity index is 0.00000176. The molecule has 1 aliphatic heterocycles. The van der Waals surface area contributed by atoms with Crippen molar-refractivity contribution in [3.63, 3.8) is 0 Å². The topological polar surface area (TPSA) is 47.6 Å². The fraction of sp³-hybridized carbons (Fsp3) is 0.588. The van der Waals surface area contributed by atoms with Crippen LogP contribution in [0.4, 0.5) is 4.79 Å². The molecule has 1 spiro atoms. The van der Waals surface area contributed by atoms with Gasteiger partial charge in [0.05, 0.1) is 0 Å². The van der Waals surface area contributed by atoms with Gasteiger partial charge in [-0.15, -0.1) is 12.4 Å². The number of rotatable bonds is 3. The van der Waals surface area contributed by atoms with Gasteiger partial charge in [0.2, 0.25) is 0 Å². The highest BCUT2D eigenvalue weighted by molar-refractivity contribution is 5.85. The van der Waals surface area contributed by atoms with E-state index in [4.69, 9.17) is 9.47 Å². The number of benzene rings is 1.